The summed E-state index contributed by atoms with van der Waals surface area (Å²) < 4.78 is 2.93. The largest absolute Gasteiger partial charge is 0.329 e. The van der Waals surface area contributed by atoms with Gasteiger partial charge in [-0.15, -0.1) is 0 Å². The Kier molecular flexibility index (Phi) is 3.18. The van der Waals surface area contributed by atoms with Crippen LogP contribution in [0, 0.1) is 0 Å². The first-order chi connectivity index (χ1) is 7.29. The maximum Gasteiger partial charge on any atom is 0.0568 e. The van der Waals surface area contributed by atoms with Crippen molar-refractivity contribution in [2.45, 2.75) is 6.54 Å². The van der Waals surface area contributed by atoms with Gasteiger partial charge >= 0.3 is 0 Å². The van der Waals surface area contributed by atoms with Crippen molar-refractivity contribution < 1.29 is 0 Å². The van der Waals surface area contributed by atoms with E-state index in [1.807, 2.05) is 29.2 Å². The number of aromatic nitrogens is 2. The summed E-state index contributed by atoms with van der Waals surface area (Å²) in [5, 5.41) is 4.23. The van der Waals surface area contributed by atoms with Crippen LogP contribution in [0.2, 0.25) is 0 Å². The van der Waals surface area contributed by atoms with Crippen molar-refractivity contribution in [1.82, 2.24) is 9.78 Å². The van der Waals surface area contributed by atoms with Gasteiger partial charge in [0.1, 0.15) is 0 Å². The molecule has 3 nitrogen and oxygen atoms in total. The second kappa shape index (κ2) is 4.59. The van der Waals surface area contributed by atoms with Crippen LogP contribution < -0.4 is 5.73 Å². The maximum atomic E-state index is 5.46. The average molecular weight is 266 g/mol. The summed E-state index contributed by atoms with van der Waals surface area (Å²) in [6, 6.07) is 8.16. The summed E-state index contributed by atoms with van der Waals surface area (Å²) in [7, 11) is 0. The number of benzene rings is 1. The fourth-order valence-corrected chi connectivity index (χ4v) is 1.83. The van der Waals surface area contributed by atoms with E-state index in [1.165, 1.54) is 0 Å². The Hall–Kier alpha value is -1.13. The summed E-state index contributed by atoms with van der Waals surface area (Å²) in [6.45, 7) is 1.37. The van der Waals surface area contributed by atoms with Gasteiger partial charge in [-0.1, -0.05) is 28.1 Å². The molecule has 0 aliphatic rings. The lowest BCUT2D eigenvalue weighted by atomic mass is 10.1. The molecule has 1 aromatic carbocycles. The normalized spacial score (nSPS) is 10.5. The molecule has 2 N–H and O–H groups in total. The molecular formula is C11H12BrN3. The molecule has 0 amide bonds. The molecule has 0 saturated carbocycles. The molecule has 0 unspecified atom stereocenters. The molecule has 78 valence electrons. The van der Waals surface area contributed by atoms with E-state index in [1.54, 1.807) is 0 Å². The number of halogens is 1. The quantitative estimate of drug-likeness (QED) is 0.926. The van der Waals surface area contributed by atoms with Crippen LogP contribution in [0.15, 0.2) is 41.1 Å². The Bertz CT molecular complexity index is 451. The molecule has 0 saturated heterocycles. The summed E-state index contributed by atoms with van der Waals surface area (Å²) in [6.07, 6.45) is 3.87. The van der Waals surface area contributed by atoms with Gasteiger partial charge in [-0.05, 0) is 17.7 Å². The average Bonchev–Trinajstić information content (AvgIpc) is 2.67. The second-order valence-corrected chi connectivity index (χ2v) is 4.21. The van der Waals surface area contributed by atoms with Crippen LogP contribution in [0.1, 0.15) is 0 Å². The third kappa shape index (κ3) is 2.46. The zero-order valence-electron chi connectivity index (χ0n) is 8.23. The van der Waals surface area contributed by atoms with Crippen molar-refractivity contribution in [2.75, 3.05) is 6.54 Å². The summed E-state index contributed by atoms with van der Waals surface area (Å²) >= 11 is 3.45. The molecule has 1 heterocycles. The maximum absolute atomic E-state index is 5.46. The number of nitrogens with zero attached hydrogens (tertiary/aromatic N) is 2. The molecule has 15 heavy (non-hydrogen) atoms. The van der Waals surface area contributed by atoms with Crippen molar-refractivity contribution in [1.29, 1.82) is 0 Å². The van der Waals surface area contributed by atoms with Crippen molar-refractivity contribution >= 4 is 15.9 Å². The fourth-order valence-electron chi connectivity index (χ4n) is 1.44. The van der Waals surface area contributed by atoms with Gasteiger partial charge in [0.25, 0.3) is 0 Å². The van der Waals surface area contributed by atoms with Crippen LogP contribution in [0.3, 0.4) is 0 Å². The molecule has 0 radical (unpaired) electrons. The Balaban J connectivity index is 2.29. The van der Waals surface area contributed by atoms with Crippen LogP contribution >= 0.6 is 15.9 Å². The third-order valence-corrected chi connectivity index (χ3v) is 2.64. The first-order valence-corrected chi connectivity index (χ1v) is 5.57. The standard InChI is InChI=1S/C11H12BrN3/c12-11-3-1-2-9(6-11)10-7-14-15(8-10)5-4-13/h1-3,6-8H,4-5,13H2. The second-order valence-electron chi connectivity index (χ2n) is 3.29. The highest BCUT2D eigenvalue weighted by atomic mass is 79.9. The Morgan fingerprint density at radius 3 is 2.93 bits per heavy atom. The highest BCUT2D eigenvalue weighted by Gasteiger charge is 2.01. The van der Waals surface area contributed by atoms with Gasteiger partial charge in [0.15, 0.2) is 0 Å². The predicted octanol–water partition coefficient (Wildman–Crippen LogP) is 2.27. The lowest BCUT2D eigenvalue weighted by Crippen LogP contribution is -2.09. The smallest absolute Gasteiger partial charge is 0.0568 e. The summed E-state index contributed by atoms with van der Waals surface area (Å²) in [4.78, 5) is 0. The number of hydrogen-bond donors (Lipinski definition) is 1. The van der Waals surface area contributed by atoms with E-state index < -0.39 is 0 Å². The molecule has 0 fully saturated rings. The van der Waals surface area contributed by atoms with Crippen molar-refractivity contribution in [2.24, 2.45) is 5.73 Å². The molecule has 1 aromatic heterocycles. The van der Waals surface area contributed by atoms with Gasteiger partial charge in [0.2, 0.25) is 0 Å². The minimum Gasteiger partial charge on any atom is -0.329 e. The van der Waals surface area contributed by atoms with Crippen LogP contribution in [-0.2, 0) is 6.54 Å². The first kappa shape index (κ1) is 10.4. The summed E-state index contributed by atoms with van der Waals surface area (Å²) in [5.74, 6) is 0. The minimum atomic E-state index is 0.611. The highest BCUT2D eigenvalue weighted by molar-refractivity contribution is 9.10. The Morgan fingerprint density at radius 1 is 1.33 bits per heavy atom. The zero-order valence-corrected chi connectivity index (χ0v) is 9.81. The van der Waals surface area contributed by atoms with Gasteiger partial charge < -0.3 is 5.73 Å². The van der Waals surface area contributed by atoms with Crippen molar-refractivity contribution in [3.8, 4) is 11.1 Å². The summed E-state index contributed by atoms with van der Waals surface area (Å²) in [5.41, 5.74) is 7.74. The Morgan fingerprint density at radius 2 is 2.20 bits per heavy atom. The van der Waals surface area contributed by atoms with Crippen LogP contribution in [0.5, 0.6) is 0 Å². The van der Waals surface area contributed by atoms with Crippen LogP contribution in [0.25, 0.3) is 11.1 Å². The van der Waals surface area contributed by atoms with Gasteiger partial charge in [-0.2, -0.15) is 5.10 Å². The van der Waals surface area contributed by atoms with Crippen LogP contribution in [0.4, 0.5) is 0 Å². The zero-order chi connectivity index (χ0) is 10.7. The van der Waals surface area contributed by atoms with E-state index in [2.05, 4.69) is 33.2 Å². The van der Waals surface area contributed by atoms with E-state index in [9.17, 15) is 0 Å². The topological polar surface area (TPSA) is 43.8 Å². The molecule has 2 rings (SSSR count). The van der Waals surface area contributed by atoms with E-state index in [-0.39, 0.29) is 0 Å². The predicted molar refractivity (Wildman–Crippen MR) is 64.4 cm³/mol. The van der Waals surface area contributed by atoms with E-state index >= 15 is 0 Å². The molecule has 0 bridgehead atoms. The van der Waals surface area contributed by atoms with Gasteiger partial charge in [0, 0.05) is 22.8 Å². The van der Waals surface area contributed by atoms with Crippen LogP contribution in [-0.4, -0.2) is 16.3 Å². The molecule has 0 spiro atoms. The van der Waals surface area contributed by atoms with E-state index in [4.69, 9.17) is 5.73 Å². The van der Waals surface area contributed by atoms with Gasteiger partial charge in [0.05, 0.1) is 12.7 Å². The monoisotopic (exact) mass is 265 g/mol. The van der Waals surface area contributed by atoms with E-state index in [0.717, 1.165) is 22.1 Å². The van der Waals surface area contributed by atoms with E-state index in [0.29, 0.717) is 6.54 Å². The molecular weight excluding hydrogens is 254 g/mol. The molecule has 0 aliphatic heterocycles. The van der Waals surface area contributed by atoms with Crippen molar-refractivity contribution in [3.05, 3.63) is 41.1 Å². The number of hydrogen-bond acceptors (Lipinski definition) is 2. The molecule has 2 aromatic rings. The number of nitrogens with two attached hydrogens (primary N) is 1. The highest BCUT2D eigenvalue weighted by Crippen LogP contribution is 2.22. The molecule has 0 aliphatic carbocycles. The fraction of sp³-hybridized carbons (Fsp3) is 0.182. The minimum absolute atomic E-state index is 0.611. The molecule has 0 atom stereocenters. The SMILES string of the molecule is NCCn1cc(-c2cccc(Br)c2)cn1. The first-order valence-electron chi connectivity index (χ1n) is 4.78. The van der Waals surface area contributed by atoms with Gasteiger partial charge in [-0.3, -0.25) is 4.68 Å². The molecule has 4 heteroatoms. The third-order valence-electron chi connectivity index (χ3n) is 2.15. The number of rotatable bonds is 3. The lowest BCUT2D eigenvalue weighted by molar-refractivity contribution is 0.625. The van der Waals surface area contributed by atoms with Gasteiger partial charge in [-0.25, -0.2) is 0 Å². The lowest BCUT2D eigenvalue weighted by Gasteiger charge is -1.98. The Labute approximate surface area is 97.0 Å². The van der Waals surface area contributed by atoms with Crippen molar-refractivity contribution in [3.63, 3.8) is 0 Å².